The average Bonchev–Trinajstić information content (AvgIpc) is 2.84. The number of aromatic nitrogens is 2. The molecule has 0 spiro atoms. The van der Waals surface area contributed by atoms with Gasteiger partial charge in [-0.1, -0.05) is 20.8 Å². The summed E-state index contributed by atoms with van der Waals surface area (Å²) >= 11 is 0. The summed E-state index contributed by atoms with van der Waals surface area (Å²) in [5.74, 6) is 0.265. The van der Waals surface area contributed by atoms with Crippen molar-refractivity contribution < 1.29 is 4.79 Å². The minimum Gasteiger partial charge on any atom is -0.342 e. The molecular formula is C16H28N4O. The van der Waals surface area contributed by atoms with E-state index in [-0.39, 0.29) is 11.3 Å². The molecule has 118 valence electrons. The van der Waals surface area contributed by atoms with Crippen LogP contribution >= 0.6 is 0 Å². The van der Waals surface area contributed by atoms with Crippen LogP contribution in [-0.4, -0.2) is 39.7 Å². The van der Waals surface area contributed by atoms with Crippen LogP contribution in [0.25, 0.3) is 0 Å². The first-order valence-electron chi connectivity index (χ1n) is 7.81. The molecule has 21 heavy (non-hydrogen) atoms. The van der Waals surface area contributed by atoms with Gasteiger partial charge in [-0.25, -0.2) is 0 Å². The summed E-state index contributed by atoms with van der Waals surface area (Å²) in [6.07, 6.45) is 6.00. The van der Waals surface area contributed by atoms with Gasteiger partial charge >= 0.3 is 0 Å². The molecule has 1 saturated heterocycles. The molecule has 2 rings (SSSR count). The van der Waals surface area contributed by atoms with Crippen molar-refractivity contribution in [3.05, 3.63) is 18.0 Å². The second-order valence-electron chi connectivity index (χ2n) is 7.15. The van der Waals surface area contributed by atoms with Crippen LogP contribution < -0.4 is 5.32 Å². The zero-order chi connectivity index (χ0) is 15.6. The van der Waals surface area contributed by atoms with Crippen LogP contribution in [0.3, 0.4) is 0 Å². The minimum atomic E-state index is -0.275. The van der Waals surface area contributed by atoms with Crippen LogP contribution in [0.1, 0.15) is 52.1 Å². The van der Waals surface area contributed by atoms with E-state index in [0.717, 1.165) is 25.9 Å². The van der Waals surface area contributed by atoms with Crippen molar-refractivity contribution in [1.82, 2.24) is 20.0 Å². The summed E-state index contributed by atoms with van der Waals surface area (Å²) in [5, 5.41) is 7.87. The van der Waals surface area contributed by atoms with Gasteiger partial charge in [-0.15, -0.1) is 0 Å². The van der Waals surface area contributed by atoms with Crippen molar-refractivity contribution in [3.63, 3.8) is 0 Å². The highest BCUT2D eigenvalue weighted by Gasteiger charge is 2.30. The SMILES string of the molecule is CC(NC1CCN(C(=O)C(C)(C)C)CC1)c1cnn(C)c1. The predicted octanol–water partition coefficient (Wildman–Crippen LogP) is 2.11. The molecule has 1 aliphatic heterocycles. The maximum absolute atomic E-state index is 12.3. The highest BCUT2D eigenvalue weighted by atomic mass is 16.2. The van der Waals surface area contributed by atoms with Gasteiger partial charge in [0.25, 0.3) is 0 Å². The predicted molar refractivity (Wildman–Crippen MR) is 83.8 cm³/mol. The number of likely N-dealkylation sites (tertiary alicyclic amines) is 1. The molecule has 0 saturated carbocycles. The quantitative estimate of drug-likeness (QED) is 0.928. The number of hydrogen-bond donors (Lipinski definition) is 1. The molecule has 0 aliphatic carbocycles. The highest BCUT2D eigenvalue weighted by Crippen LogP contribution is 2.22. The van der Waals surface area contributed by atoms with E-state index in [1.165, 1.54) is 5.56 Å². The first kappa shape index (κ1) is 16.0. The number of nitrogens with zero attached hydrogens (tertiary/aromatic N) is 3. The largest absolute Gasteiger partial charge is 0.342 e. The van der Waals surface area contributed by atoms with Gasteiger partial charge in [-0.05, 0) is 19.8 Å². The van der Waals surface area contributed by atoms with Crippen molar-refractivity contribution in [2.24, 2.45) is 12.5 Å². The van der Waals surface area contributed by atoms with Crippen molar-refractivity contribution in [2.75, 3.05) is 13.1 Å². The lowest BCUT2D eigenvalue weighted by atomic mass is 9.93. The lowest BCUT2D eigenvalue weighted by molar-refractivity contribution is -0.140. The molecule has 2 heterocycles. The number of rotatable bonds is 3. The van der Waals surface area contributed by atoms with Crippen LogP contribution in [0, 0.1) is 5.41 Å². The van der Waals surface area contributed by atoms with E-state index in [0.29, 0.717) is 12.1 Å². The Balaban J connectivity index is 1.83. The van der Waals surface area contributed by atoms with Gasteiger partial charge in [0.05, 0.1) is 6.20 Å². The van der Waals surface area contributed by atoms with E-state index in [4.69, 9.17) is 0 Å². The summed E-state index contributed by atoms with van der Waals surface area (Å²) in [6, 6.07) is 0.776. The fourth-order valence-electron chi connectivity index (χ4n) is 2.84. The summed E-state index contributed by atoms with van der Waals surface area (Å²) in [7, 11) is 1.94. The number of nitrogens with one attached hydrogen (secondary N) is 1. The van der Waals surface area contributed by atoms with Crippen molar-refractivity contribution in [1.29, 1.82) is 0 Å². The Hall–Kier alpha value is -1.36. The molecule has 1 aliphatic rings. The molecule has 1 amide bonds. The second-order valence-corrected chi connectivity index (χ2v) is 7.15. The standard InChI is InChI=1S/C16H28N4O/c1-12(13-10-17-19(5)11-13)18-14-6-8-20(9-7-14)15(21)16(2,3)4/h10-12,14,18H,6-9H2,1-5H3. The van der Waals surface area contributed by atoms with Gasteiger partial charge in [0.2, 0.25) is 5.91 Å². The van der Waals surface area contributed by atoms with Crippen molar-refractivity contribution in [2.45, 2.75) is 52.6 Å². The molecule has 1 aromatic heterocycles. The van der Waals surface area contributed by atoms with Crippen LogP contribution in [0.2, 0.25) is 0 Å². The average molecular weight is 292 g/mol. The first-order valence-corrected chi connectivity index (χ1v) is 7.81. The Bertz CT molecular complexity index is 481. The van der Waals surface area contributed by atoms with Crippen LogP contribution in [-0.2, 0) is 11.8 Å². The molecule has 0 radical (unpaired) electrons. The Morgan fingerprint density at radius 1 is 1.38 bits per heavy atom. The molecular weight excluding hydrogens is 264 g/mol. The molecule has 5 nitrogen and oxygen atoms in total. The Labute approximate surface area is 127 Å². The van der Waals surface area contributed by atoms with E-state index < -0.39 is 0 Å². The van der Waals surface area contributed by atoms with Crippen molar-refractivity contribution in [3.8, 4) is 0 Å². The number of hydrogen-bond acceptors (Lipinski definition) is 3. The summed E-state index contributed by atoms with van der Waals surface area (Å²) in [6.45, 7) is 9.85. The van der Waals surface area contributed by atoms with Gasteiger partial charge in [0.15, 0.2) is 0 Å². The van der Waals surface area contributed by atoms with Gasteiger partial charge in [-0.3, -0.25) is 9.48 Å². The zero-order valence-electron chi connectivity index (χ0n) is 13.9. The molecule has 1 atom stereocenters. The monoisotopic (exact) mass is 292 g/mol. The van der Waals surface area contributed by atoms with Crippen LogP contribution in [0.5, 0.6) is 0 Å². The van der Waals surface area contributed by atoms with Crippen molar-refractivity contribution >= 4 is 5.91 Å². The van der Waals surface area contributed by atoms with E-state index >= 15 is 0 Å². The number of piperidine rings is 1. The summed E-state index contributed by atoms with van der Waals surface area (Å²) < 4.78 is 1.83. The fourth-order valence-corrected chi connectivity index (χ4v) is 2.84. The normalized spacial score (nSPS) is 18.8. The topological polar surface area (TPSA) is 50.2 Å². The minimum absolute atomic E-state index is 0.265. The molecule has 0 bridgehead atoms. The number of carbonyl (C=O) groups excluding carboxylic acids is 1. The smallest absolute Gasteiger partial charge is 0.227 e. The third-order valence-electron chi connectivity index (χ3n) is 4.13. The Kier molecular flexibility index (Phi) is 4.71. The number of carbonyl (C=O) groups is 1. The zero-order valence-corrected chi connectivity index (χ0v) is 13.9. The molecule has 5 heteroatoms. The summed E-state index contributed by atoms with van der Waals surface area (Å²) in [5.41, 5.74) is 0.939. The van der Waals surface area contributed by atoms with Gasteiger partial charge < -0.3 is 10.2 Å². The molecule has 1 unspecified atom stereocenters. The molecule has 1 aromatic rings. The van der Waals surface area contributed by atoms with E-state index in [1.54, 1.807) is 0 Å². The van der Waals surface area contributed by atoms with E-state index in [2.05, 4.69) is 23.5 Å². The van der Waals surface area contributed by atoms with Crippen LogP contribution in [0.15, 0.2) is 12.4 Å². The van der Waals surface area contributed by atoms with E-state index in [9.17, 15) is 4.79 Å². The molecule has 1 N–H and O–H groups in total. The third kappa shape index (κ3) is 4.06. The number of amides is 1. The Morgan fingerprint density at radius 3 is 2.48 bits per heavy atom. The lowest BCUT2D eigenvalue weighted by Crippen LogP contribution is -2.48. The second kappa shape index (κ2) is 6.18. The number of aryl methyl sites for hydroxylation is 1. The van der Waals surface area contributed by atoms with Crippen LogP contribution in [0.4, 0.5) is 0 Å². The molecule has 0 aromatic carbocycles. The maximum Gasteiger partial charge on any atom is 0.227 e. The third-order valence-corrected chi connectivity index (χ3v) is 4.13. The summed E-state index contributed by atoms with van der Waals surface area (Å²) in [4.78, 5) is 14.3. The highest BCUT2D eigenvalue weighted by molar-refractivity contribution is 5.81. The Morgan fingerprint density at radius 2 is 2.00 bits per heavy atom. The van der Waals surface area contributed by atoms with Gasteiger partial charge in [0.1, 0.15) is 0 Å². The first-order chi connectivity index (χ1) is 9.77. The maximum atomic E-state index is 12.3. The van der Waals surface area contributed by atoms with E-state index in [1.807, 2.05) is 43.6 Å². The molecule has 1 fully saturated rings. The van der Waals surface area contributed by atoms with Gasteiger partial charge in [-0.2, -0.15) is 5.10 Å². The lowest BCUT2D eigenvalue weighted by Gasteiger charge is -2.36. The fraction of sp³-hybridized carbons (Fsp3) is 0.750. The van der Waals surface area contributed by atoms with Gasteiger partial charge in [0, 0.05) is 49.4 Å².